The average Bonchev–Trinajstić information content (AvgIpc) is 2.14. The Morgan fingerprint density at radius 3 is 2.71 bits per heavy atom. The van der Waals surface area contributed by atoms with Crippen molar-refractivity contribution in [2.75, 3.05) is 0 Å². The minimum absolute atomic E-state index is 0.173. The van der Waals surface area contributed by atoms with Crippen LogP contribution >= 0.6 is 22.6 Å². The normalized spacial score (nSPS) is 11.5. The molecular weight excluding hydrogens is 217 g/mol. The van der Waals surface area contributed by atoms with E-state index in [1.165, 1.54) is 6.07 Å². The van der Waals surface area contributed by atoms with Crippen LogP contribution in [0.4, 0.5) is 4.39 Å². The van der Waals surface area contributed by atoms with E-state index in [1.807, 2.05) is 19.9 Å². The van der Waals surface area contributed by atoms with Gasteiger partial charge in [-0.25, -0.2) is 8.79 Å². The summed E-state index contributed by atoms with van der Waals surface area (Å²) in [4.78, 5) is 0. The Labute approximate surface area is 92.8 Å². The van der Waals surface area contributed by atoms with Gasteiger partial charge in [-0.2, -0.15) is 0 Å². The van der Waals surface area contributed by atoms with Crippen molar-refractivity contribution in [1.82, 2.24) is 0 Å². The third-order valence-corrected chi connectivity index (χ3v) is 2.38. The van der Waals surface area contributed by atoms with Gasteiger partial charge in [0, 0.05) is 17.2 Å². The van der Waals surface area contributed by atoms with Crippen LogP contribution in [0.5, 0.6) is 0 Å². The van der Waals surface area contributed by atoms with Crippen molar-refractivity contribution in [2.45, 2.75) is 19.8 Å². The van der Waals surface area contributed by atoms with Gasteiger partial charge < -0.3 is 0 Å². The van der Waals surface area contributed by atoms with Gasteiger partial charge in [0.25, 0.3) is 0 Å². The number of benzene rings is 1. The zero-order chi connectivity index (χ0) is 10.6. The fraction of sp³-hybridized carbons (Fsp3) is 0.300. The summed E-state index contributed by atoms with van der Waals surface area (Å²) in [6, 6.07) is 5.14. The smallest absolute Gasteiger partial charge is 0.127 e. The van der Waals surface area contributed by atoms with E-state index in [2.05, 4.69) is 16.1 Å². The van der Waals surface area contributed by atoms with Crippen LogP contribution < -0.4 is 0 Å². The molecular formula is C10H12FNS2. The van der Waals surface area contributed by atoms with Gasteiger partial charge in [0.15, 0.2) is 0 Å². The first-order valence-electron chi connectivity index (χ1n) is 4.28. The first-order chi connectivity index (χ1) is 6.65. The van der Waals surface area contributed by atoms with Crippen LogP contribution in [-0.2, 0) is 0 Å². The molecule has 0 aliphatic carbocycles. The summed E-state index contributed by atoms with van der Waals surface area (Å²) in [5, 5.41) is 0. The summed E-state index contributed by atoms with van der Waals surface area (Å²) in [6.07, 6.45) is 1.59. The van der Waals surface area contributed by atoms with Crippen LogP contribution in [0.2, 0.25) is 0 Å². The molecule has 4 heteroatoms. The first-order valence-corrected chi connectivity index (χ1v) is 6.11. The molecule has 0 heterocycles. The van der Waals surface area contributed by atoms with E-state index in [-0.39, 0.29) is 11.7 Å². The van der Waals surface area contributed by atoms with Crippen molar-refractivity contribution < 1.29 is 4.39 Å². The van der Waals surface area contributed by atoms with Crippen LogP contribution in [0, 0.1) is 5.82 Å². The molecule has 1 nitrogen and oxygen atoms in total. The zero-order valence-electron chi connectivity index (χ0n) is 8.07. The van der Waals surface area contributed by atoms with Crippen molar-refractivity contribution in [2.24, 2.45) is 4.40 Å². The van der Waals surface area contributed by atoms with E-state index < -0.39 is 0 Å². The molecule has 0 aromatic heterocycles. The molecule has 0 spiro atoms. The Hall–Kier alpha value is -0.480. The van der Waals surface area contributed by atoms with Crippen LogP contribution in [0.25, 0.3) is 0 Å². The van der Waals surface area contributed by atoms with Crippen molar-refractivity contribution in [3.8, 4) is 0 Å². The van der Waals surface area contributed by atoms with Crippen molar-refractivity contribution in [3.63, 3.8) is 0 Å². The fourth-order valence-electron chi connectivity index (χ4n) is 1.18. The Morgan fingerprint density at radius 1 is 1.50 bits per heavy atom. The molecule has 0 N–H and O–H groups in total. The van der Waals surface area contributed by atoms with Crippen LogP contribution in [0.15, 0.2) is 22.6 Å². The fourth-order valence-corrected chi connectivity index (χ4v) is 1.49. The zero-order valence-corrected chi connectivity index (χ0v) is 9.78. The molecule has 0 radical (unpaired) electrons. The lowest BCUT2D eigenvalue weighted by molar-refractivity contribution is 0.598. The SMILES string of the molecule is CC(C)c1ccc(/C=N/SS)cc1F. The number of rotatable bonds is 3. The van der Waals surface area contributed by atoms with Gasteiger partial charge in [0.2, 0.25) is 0 Å². The van der Waals surface area contributed by atoms with E-state index in [0.29, 0.717) is 0 Å². The van der Waals surface area contributed by atoms with E-state index in [1.54, 1.807) is 12.3 Å². The predicted octanol–water partition coefficient (Wildman–Crippen LogP) is 3.86. The van der Waals surface area contributed by atoms with Crippen LogP contribution in [0.3, 0.4) is 0 Å². The second-order valence-electron chi connectivity index (χ2n) is 3.25. The van der Waals surface area contributed by atoms with Gasteiger partial charge in [-0.05, 0) is 23.1 Å². The second kappa shape index (κ2) is 5.41. The maximum atomic E-state index is 13.4. The van der Waals surface area contributed by atoms with Gasteiger partial charge in [-0.3, -0.25) is 0 Å². The summed E-state index contributed by atoms with van der Waals surface area (Å²) in [7, 11) is 1.05. The average molecular weight is 229 g/mol. The highest BCUT2D eigenvalue weighted by Crippen LogP contribution is 2.19. The lowest BCUT2D eigenvalue weighted by Crippen LogP contribution is -1.94. The minimum atomic E-state index is -0.173. The minimum Gasteiger partial charge on any atom is -0.213 e. The topological polar surface area (TPSA) is 12.4 Å². The molecule has 0 bridgehead atoms. The largest absolute Gasteiger partial charge is 0.213 e. The maximum Gasteiger partial charge on any atom is 0.127 e. The number of hydrogen-bond acceptors (Lipinski definition) is 3. The third-order valence-electron chi connectivity index (χ3n) is 1.90. The molecule has 0 unspecified atom stereocenters. The molecule has 76 valence electrons. The van der Waals surface area contributed by atoms with E-state index in [4.69, 9.17) is 0 Å². The molecule has 0 aliphatic heterocycles. The highest BCUT2D eigenvalue weighted by atomic mass is 33.1. The molecule has 1 aromatic rings. The summed E-state index contributed by atoms with van der Waals surface area (Å²) >= 11 is 3.85. The Balaban J connectivity index is 2.94. The molecule has 1 rings (SSSR count). The lowest BCUT2D eigenvalue weighted by Gasteiger charge is -2.06. The molecule has 0 saturated heterocycles. The van der Waals surface area contributed by atoms with Gasteiger partial charge in [-0.1, -0.05) is 37.6 Å². The van der Waals surface area contributed by atoms with Gasteiger partial charge in [0.1, 0.15) is 5.82 Å². The molecule has 1 aromatic carbocycles. The first kappa shape index (κ1) is 11.6. The Morgan fingerprint density at radius 2 is 2.21 bits per heavy atom. The van der Waals surface area contributed by atoms with Crippen molar-refractivity contribution in [3.05, 3.63) is 35.1 Å². The molecule has 0 fully saturated rings. The molecule has 0 aliphatic rings. The molecule has 0 saturated carbocycles. The van der Waals surface area contributed by atoms with Crippen LogP contribution in [-0.4, -0.2) is 6.21 Å². The monoisotopic (exact) mass is 229 g/mol. The second-order valence-corrected chi connectivity index (χ2v) is 4.12. The molecule has 14 heavy (non-hydrogen) atoms. The van der Waals surface area contributed by atoms with Gasteiger partial charge >= 0.3 is 0 Å². The lowest BCUT2D eigenvalue weighted by atomic mass is 10.0. The highest BCUT2D eigenvalue weighted by molar-refractivity contribution is 8.68. The highest BCUT2D eigenvalue weighted by Gasteiger charge is 2.05. The maximum absolute atomic E-state index is 13.4. The summed E-state index contributed by atoms with van der Waals surface area (Å²) < 4.78 is 17.3. The number of nitrogens with zero attached hydrogens (tertiary/aromatic N) is 1. The number of halogens is 1. The van der Waals surface area contributed by atoms with Crippen molar-refractivity contribution in [1.29, 1.82) is 0 Å². The van der Waals surface area contributed by atoms with E-state index >= 15 is 0 Å². The number of hydrogen-bond donors (Lipinski definition) is 1. The summed E-state index contributed by atoms with van der Waals surface area (Å²) in [5.41, 5.74) is 1.49. The molecule has 0 atom stereocenters. The predicted molar refractivity (Wildman–Crippen MR) is 64.7 cm³/mol. The quantitative estimate of drug-likeness (QED) is 0.359. The number of thiol groups is 1. The van der Waals surface area contributed by atoms with Gasteiger partial charge in [0.05, 0.1) is 0 Å². The molecule has 0 amide bonds. The van der Waals surface area contributed by atoms with Crippen LogP contribution in [0.1, 0.15) is 30.9 Å². The van der Waals surface area contributed by atoms with Crippen molar-refractivity contribution >= 4 is 28.9 Å². The Kier molecular flexibility index (Phi) is 4.48. The summed E-state index contributed by atoms with van der Waals surface area (Å²) in [5.74, 6) is 0.0355. The Bertz CT molecular complexity index is 337. The van der Waals surface area contributed by atoms with E-state index in [9.17, 15) is 4.39 Å². The van der Waals surface area contributed by atoms with Gasteiger partial charge in [-0.15, -0.1) is 0 Å². The third kappa shape index (κ3) is 3.03. The van der Waals surface area contributed by atoms with E-state index in [0.717, 1.165) is 22.1 Å². The standard InChI is InChI=1S/C10H12FNS2/c1-7(2)9-4-3-8(5-10(9)11)6-12-14-13/h3-7,13H,1-2H3/b12-6+. The summed E-state index contributed by atoms with van der Waals surface area (Å²) in [6.45, 7) is 3.94.